The number of likely N-dealkylation sites (tertiary alicyclic amines) is 1. The maximum absolute atomic E-state index is 14.0. The van der Waals surface area contributed by atoms with E-state index in [1.54, 1.807) is 4.57 Å². The Balaban J connectivity index is 1.33. The molecule has 0 aliphatic carbocycles. The van der Waals surface area contributed by atoms with Crippen molar-refractivity contribution in [3.05, 3.63) is 33.2 Å². The Kier molecular flexibility index (Phi) is 7.36. The lowest BCUT2D eigenvalue weighted by Crippen LogP contribution is -2.38. The van der Waals surface area contributed by atoms with Crippen LogP contribution in [0.15, 0.2) is 12.1 Å². The minimum Gasteiger partial charge on any atom is -0.454 e. The van der Waals surface area contributed by atoms with Crippen molar-refractivity contribution in [2.75, 3.05) is 32.2 Å². The van der Waals surface area contributed by atoms with Crippen molar-refractivity contribution >= 4 is 49.9 Å². The normalized spacial score (nSPS) is 16.2. The number of ether oxygens (including phenoxy) is 2. The lowest BCUT2D eigenvalue weighted by molar-refractivity contribution is 0.113. The monoisotopic (exact) mass is 643 g/mol. The number of rotatable bonds is 6. The summed E-state index contributed by atoms with van der Waals surface area (Å²) in [6, 6.07) is 3.80. The van der Waals surface area contributed by atoms with Gasteiger partial charge in [-0.3, -0.25) is 9.08 Å². The van der Waals surface area contributed by atoms with Crippen molar-refractivity contribution in [2.45, 2.75) is 31.9 Å². The second-order valence-corrected chi connectivity index (χ2v) is 10.9. The van der Waals surface area contributed by atoms with E-state index in [1.165, 1.54) is 0 Å². The largest absolute Gasteiger partial charge is 0.454 e. The number of halogens is 2. The average Bonchev–Trinajstić information content (AvgIpc) is 3.41. The van der Waals surface area contributed by atoms with Crippen molar-refractivity contribution in [1.82, 2.24) is 24.4 Å². The highest BCUT2D eigenvalue weighted by atomic mass is 127. The lowest BCUT2D eigenvalue weighted by atomic mass is 10.1. The Morgan fingerprint density at radius 3 is 2.57 bits per heavy atom. The van der Waals surface area contributed by atoms with Crippen LogP contribution in [-0.2, 0) is 27.5 Å². The zero-order chi connectivity index (χ0) is 26.2. The Morgan fingerprint density at radius 2 is 1.84 bits per heavy atom. The van der Waals surface area contributed by atoms with E-state index in [2.05, 4.69) is 54.3 Å². The number of piperidine rings is 1. The van der Waals surface area contributed by atoms with E-state index in [0.717, 1.165) is 9.13 Å². The highest BCUT2D eigenvalue weighted by molar-refractivity contribution is 14.1. The topological polar surface area (TPSA) is 161 Å². The third kappa shape index (κ3) is 6.04. The van der Waals surface area contributed by atoms with Crippen LogP contribution in [0.3, 0.4) is 0 Å². The molecule has 15 heteroatoms. The first-order chi connectivity index (χ1) is 17.7. The van der Waals surface area contributed by atoms with E-state index in [1.807, 2.05) is 12.1 Å². The van der Waals surface area contributed by atoms with Crippen molar-refractivity contribution in [3.8, 4) is 23.3 Å². The number of nitrogens with two attached hydrogens (primary N) is 2. The molecule has 0 amide bonds. The summed E-state index contributed by atoms with van der Waals surface area (Å²) in [6.07, 6.45) is 0.132. The molecule has 0 saturated carbocycles. The SMILES string of the molecule is Nc1nc(F)nc2c1nc(Cc1cc3c(cc1I)OCO3)n2CC#CCN1CCC(OS(N)(=O)=O)CC1. The predicted molar refractivity (Wildman–Crippen MR) is 139 cm³/mol. The Labute approximate surface area is 225 Å². The fraction of sp³-hybridized carbons (Fsp3) is 0.409. The number of nitrogen functional groups attached to an aromatic ring is 1. The molecule has 1 fully saturated rings. The second kappa shape index (κ2) is 10.5. The molecule has 0 unspecified atom stereocenters. The van der Waals surface area contributed by atoms with Gasteiger partial charge in [-0.1, -0.05) is 11.8 Å². The van der Waals surface area contributed by atoms with Crippen LogP contribution in [0, 0.1) is 21.5 Å². The fourth-order valence-corrected chi connectivity index (χ4v) is 5.46. The summed E-state index contributed by atoms with van der Waals surface area (Å²) in [4.78, 5) is 14.2. The number of benzene rings is 1. The predicted octanol–water partition coefficient (Wildman–Crippen LogP) is 1.16. The van der Waals surface area contributed by atoms with Crippen molar-refractivity contribution in [1.29, 1.82) is 0 Å². The lowest BCUT2D eigenvalue weighted by Gasteiger charge is -2.29. The highest BCUT2D eigenvalue weighted by Gasteiger charge is 2.23. The Bertz CT molecular complexity index is 1510. The van der Waals surface area contributed by atoms with Gasteiger partial charge in [-0.05, 0) is 53.1 Å². The fourth-order valence-electron chi connectivity index (χ4n) is 4.26. The average molecular weight is 643 g/mol. The molecule has 3 aromatic rings. The van der Waals surface area contributed by atoms with Crippen molar-refractivity contribution in [3.63, 3.8) is 0 Å². The molecule has 2 aromatic heterocycles. The second-order valence-electron chi connectivity index (χ2n) is 8.56. The minimum atomic E-state index is -3.96. The number of fused-ring (bicyclic) bond motifs is 2. The summed E-state index contributed by atoms with van der Waals surface area (Å²) < 4.78 is 54.8. The molecule has 0 bridgehead atoms. The zero-order valence-electron chi connectivity index (χ0n) is 19.5. The molecule has 4 heterocycles. The van der Waals surface area contributed by atoms with Crippen LogP contribution >= 0.6 is 22.6 Å². The molecule has 1 aromatic carbocycles. The summed E-state index contributed by atoms with van der Waals surface area (Å²) in [5.41, 5.74) is 7.47. The van der Waals surface area contributed by atoms with Gasteiger partial charge in [0.15, 0.2) is 28.5 Å². The number of hydrogen-bond acceptors (Lipinski definition) is 10. The zero-order valence-corrected chi connectivity index (χ0v) is 22.5. The van der Waals surface area contributed by atoms with Gasteiger partial charge >= 0.3 is 16.4 Å². The van der Waals surface area contributed by atoms with Gasteiger partial charge in [0.25, 0.3) is 0 Å². The molecule has 0 radical (unpaired) electrons. The molecule has 5 rings (SSSR count). The van der Waals surface area contributed by atoms with E-state index in [0.29, 0.717) is 61.7 Å². The molecule has 12 nitrogen and oxygen atoms in total. The maximum atomic E-state index is 14.0. The number of aromatic nitrogens is 4. The summed E-state index contributed by atoms with van der Waals surface area (Å²) in [5, 5.41) is 4.95. The van der Waals surface area contributed by atoms with Gasteiger partial charge in [0.2, 0.25) is 6.79 Å². The standard InChI is InChI=1S/C22H23FIN7O5S/c23-22-28-20(25)19-21(29-22)31(6-2-1-5-30-7-3-14(4-8-30)36-37(26,32)33)18(27-19)10-13-9-16-17(11-15(13)24)35-12-34-16/h9,11,14H,3-8,10,12H2,(H2,25,28,29)(H2,26,32,33). The van der Waals surface area contributed by atoms with Gasteiger partial charge in [-0.25, -0.2) is 10.1 Å². The highest BCUT2D eigenvalue weighted by Crippen LogP contribution is 2.36. The van der Waals surface area contributed by atoms with Gasteiger partial charge in [0, 0.05) is 23.1 Å². The number of hydrogen-bond donors (Lipinski definition) is 2. The quantitative estimate of drug-likeness (QED) is 0.227. The minimum absolute atomic E-state index is 0.0413. The molecule has 1 saturated heterocycles. The number of anilines is 1. The summed E-state index contributed by atoms with van der Waals surface area (Å²) in [6.45, 7) is 2.13. The van der Waals surface area contributed by atoms with Crippen LogP contribution in [0.5, 0.6) is 11.5 Å². The van der Waals surface area contributed by atoms with Crippen molar-refractivity contribution in [2.24, 2.45) is 5.14 Å². The van der Waals surface area contributed by atoms with Crippen LogP contribution in [0.2, 0.25) is 0 Å². The van der Waals surface area contributed by atoms with Gasteiger partial charge in [-0.2, -0.15) is 22.8 Å². The molecule has 196 valence electrons. The molecular formula is C22H23FIN7O5S. The molecule has 4 N–H and O–H groups in total. The van der Waals surface area contributed by atoms with Crippen molar-refractivity contribution < 1.29 is 26.5 Å². The van der Waals surface area contributed by atoms with E-state index in [4.69, 9.17) is 24.5 Å². The summed E-state index contributed by atoms with van der Waals surface area (Å²) in [5.74, 6) is 8.14. The van der Waals surface area contributed by atoms with Gasteiger partial charge in [0.05, 0.1) is 19.2 Å². The van der Waals surface area contributed by atoms with Crippen LogP contribution in [0.1, 0.15) is 24.2 Å². The first kappa shape index (κ1) is 25.9. The van der Waals surface area contributed by atoms with Gasteiger partial charge in [0.1, 0.15) is 5.82 Å². The first-order valence-electron chi connectivity index (χ1n) is 11.3. The first-order valence-corrected chi connectivity index (χ1v) is 13.9. The number of nitrogens with zero attached hydrogens (tertiary/aromatic N) is 5. The van der Waals surface area contributed by atoms with Gasteiger partial charge in [-0.15, -0.1) is 0 Å². The summed E-state index contributed by atoms with van der Waals surface area (Å²) >= 11 is 2.22. The summed E-state index contributed by atoms with van der Waals surface area (Å²) in [7, 11) is -3.96. The Morgan fingerprint density at radius 1 is 1.14 bits per heavy atom. The molecular weight excluding hydrogens is 620 g/mol. The number of imidazole rings is 1. The third-order valence-corrected chi connectivity index (χ3v) is 7.58. The van der Waals surface area contributed by atoms with E-state index in [9.17, 15) is 12.8 Å². The van der Waals surface area contributed by atoms with E-state index >= 15 is 0 Å². The molecule has 0 spiro atoms. The van der Waals surface area contributed by atoms with Crippen LogP contribution in [0.25, 0.3) is 11.2 Å². The Hall–Kier alpha value is -2.78. The van der Waals surface area contributed by atoms with Gasteiger partial charge < -0.3 is 19.8 Å². The molecule has 2 aliphatic rings. The molecule has 2 aliphatic heterocycles. The van der Waals surface area contributed by atoms with Crippen LogP contribution in [0.4, 0.5) is 10.2 Å². The molecule has 0 atom stereocenters. The van der Waals surface area contributed by atoms with Crippen LogP contribution < -0.4 is 20.3 Å². The van der Waals surface area contributed by atoms with Crippen LogP contribution in [-0.4, -0.2) is 65.4 Å². The smallest absolute Gasteiger partial charge is 0.333 e. The van der Waals surface area contributed by atoms with E-state index in [-0.39, 0.29) is 24.8 Å². The third-order valence-electron chi connectivity index (χ3n) is 6.03. The van der Waals surface area contributed by atoms with E-state index < -0.39 is 22.5 Å². The molecule has 37 heavy (non-hydrogen) atoms. The maximum Gasteiger partial charge on any atom is 0.333 e.